The number of anilines is 2. The van der Waals surface area contributed by atoms with Gasteiger partial charge in [-0.3, -0.25) is 4.79 Å². The van der Waals surface area contributed by atoms with Gasteiger partial charge in [0.05, 0.1) is 11.6 Å². The fraction of sp³-hybridized carbons (Fsp3) is 0.393. The van der Waals surface area contributed by atoms with E-state index >= 15 is 0 Å². The molecule has 1 unspecified atom stereocenters. The Kier molecular flexibility index (Phi) is 6.48. The first-order valence-electron chi connectivity index (χ1n) is 12.3. The third-order valence-electron chi connectivity index (χ3n) is 7.26. The lowest BCUT2D eigenvalue weighted by Gasteiger charge is -2.40. The first-order chi connectivity index (χ1) is 16.6. The maximum Gasteiger partial charge on any atom is 0.227 e. The summed E-state index contributed by atoms with van der Waals surface area (Å²) in [6, 6.07) is 20.9. The van der Waals surface area contributed by atoms with Crippen molar-refractivity contribution >= 4 is 17.4 Å². The fourth-order valence-corrected chi connectivity index (χ4v) is 5.02. The van der Waals surface area contributed by atoms with Crippen molar-refractivity contribution in [3.05, 3.63) is 71.8 Å². The predicted molar refractivity (Wildman–Crippen MR) is 137 cm³/mol. The molecular formula is C28H33N5O. The highest BCUT2D eigenvalue weighted by Gasteiger charge is 2.31. The van der Waals surface area contributed by atoms with Crippen LogP contribution in [0, 0.1) is 19.8 Å². The van der Waals surface area contributed by atoms with Gasteiger partial charge in [-0.1, -0.05) is 30.3 Å². The van der Waals surface area contributed by atoms with Crippen molar-refractivity contribution in [2.45, 2.75) is 26.7 Å². The zero-order valence-corrected chi connectivity index (χ0v) is 20.2. The van der Waals surface area contributed by atoms with Gasteiger partial charge in [0.25, 0.3) is 0 Å². The maximum atomic E-state index is 13.3. The van der Waals surface area contributed by atoms with Gasteiger partial charge in [-0.05, 0) is 68.1 Å². The molecule has 6 heteroatoms. The molecule has 0 aliphatic carbocycles. The van der Waals surface area contributed by atoms with Crippen LogP contribution in [-0.2, 0) is 4.79 Å². The van der Waals surface area contributed by atoms with E-state index in [0.29, 0.717) is 0 Å². The van der Waals surface area contributed by atoms with Crippen LogP contribution in [-0.4, -0.2) is 60.3 Å². The summed E-state index contributed by atoms with van der Waals surface area (Å²) in [5.74, 6) is 1.18. The maximum absolute atomic E-state index is 13.3. The Morgan fingerprint density at radius 2 is 1.62 bits per heavy atom. The number of carbonyl (C=O) groups excluding carboxylic acids is 1. The summed E-state index contributed by atoms with van der Waals surface area (Å²) in [6.07, 6.45) is 1.95. The van der Waals surface area contributed by atoms with Crippen molar-refractivity contribution in [3.8, 4) is 11.3 Å². The number of amides is 1. The molecule has 0 N–H and O–H groups in total. The number of rotatable bonds is 4. The van der Waals surface area contributed by atoms with Crippen molar-refractivity contribution in [2.24, 2.45) is 5.92 Å². The summed E-state index contributed by atoms with van der Waals surface area (Å²) >= 11 is 0. The number of hydrogen-bond donors (Lipinski definition) is 0. The van der Waals surface area contributed by atoms with E-state index in [1.165, 1.54) is 16.8 Å². The van der Waals surface area contributed by atoms with Gasteiger partial charge in [-0.15, -0.1) is 10.2 Å². The molecule has 2 aliphatic heterocycles. The number of para-hydroxylation sites is 1. The summed E-state index contributed by atoms with van der Waals surface area (Å²) in [6.45, 7) is 9.22. The minimum Gasteiger partial charge on any atom is -0.368 e. The van der Waals surface area contributed by atoms with Crippen LogP contribution >= 0.6 is 0 Å². The molecule has 5 rings (SSSR count). The first kappa shape index (κ1) is 22.4. The normalized spacial score (nSPS) is 18.8. The highest BCUT2D eigenvalue weighted by molar-refractivity contribution is 5.80. The molecule has 2 saturated heterocycles. The molecule has 2 fully saturated rings. The standard InChI is InChI=1S/C28H33N5O/c1-21-10-11-23(19-22(21)2)26-12-13-27(30-29-26)33-14-6-7-24(20-33)28(34)32-17-15-31(16-18-32)25-8-4-3-5-9-25/h3-5,8-13,19,24H,6-7,14-18,20H2,1-2H3. The molecule has 34 heavy (non-hydrogen) atoms. The third kappa shape index (κ3) is 4.76. The molecule has 0 bridgehead atoms. The van der Waals surface area contributed by atoms with Crippen molar-refractivity contribution in [1.29, 1.82) is 0 Å². The fourth-order valence-electron chi connectivity index (χ4n) is 5.02. The van der Waals surface area contributed by atoms with E-state index < -0.39 is 0 Å². The molecule has 3 heterocycles. The number of piperazine rings is 1. The summed E-state index contributed by atoms with van der Waals surface area (Å²) < 4.78 is 0. The number of aryl methyl sites for hydroxylation is 2. The second-order valence-corrected chi connectivity index (χ2v) is 9.51. The Bertz CT molecular complexity index is 1120. The molecule has 2 aromatic carbocycles. The van der Waals surface area contributed by atoms with E-state index in [2.05, 4.69) is 81.2 Å². The lowest BCUT2D eigenvalue weighted by Crippen LogP contribution is -2.52. The third-order valence-corrected chi connectivity index (χ3v) is 7.26. The molecule has 3 aromatic rings. The molecule has 2 aliphatic rings. The van der Waals surface area contributed by atoms with Crippen LogP contribution in [0.15, 0.2) is 60.7 Å². The van der Waals surface area contributed by atoms with Gasteiger partial charge in [-0.25, -0.2) is 0 Å². The topological polar surface area (TPSA) is 52.6 Å². The van der Waals surface area contributed by atoms with E-state index in [9.17, 15) is 4.79 Å². The molecular weight excluding hydrogens is 422 g/mol. The van der Waals surface area contributed by atoms with Gasteiger partial charge in [-0.2, -0.15) is 0 Å². The highest BCUT2D eigenvalue weighted by atomic mass is 16.2. The molecule has 1 amide bonds. The Morgan fingerprint density at radius 1 is 0.824 bits per heavy atom. The van der Waals surface area contributed by atoms with Crippen LogP contribution in [0.2, 0.25) is 0 Å². The van der Waals surface area contributed by atoms with E-state index in [0.717, 1.165) is 69.2 Å². The summed E-state index contributed by atoms with van der Waals surface area (Å²) in [5, 5.41) is 9.02. The number of benzene rings is 2. The van der Waals surface area contributed by atoms with Gasteiger partial charge in [0.2, 0.25) is 5.91 Å². The average Bonchev–Trinajstić information content (AvgIpc) is 2.90. The minimum atomic E-state index is 0.0262. The lowest BCUT2D eigenvalue weighted by atomic mass is 9.96. The molecule has 1 atom stereocenters. The predicted octanol–water partition coefficient (Wildman–Crippen LogP) is 4.33. The highest BCUT2D eigenvalue weighted by Crippen LogP contribution is 2.26. The second-order valence-electron chi connectivity index (χ2n) is 9.51. The van der Waals surface area contributed by atoms with Crippen molar-refractivity contribution in [1.82, 2.24) is 15.1 Å². The van der Waals surface area contributed by atoms with Crippen molar-refractivity contribution < 1.29 is 4.79 Å². The smallest absolute Gasteiger partial charge is 0.227 e. The van der Waals surface area contributed by atoms with Crippen LogP contribution in [0.25, 0.3) is 11.3 Å². The number of piperidine rings is 1. The van der Waals surface area contributed by atoms with E-state index in [4.69, 9.17) is 0 Å². The van der Waals surface area contributed by atoms with E-state index in [-0.39, 0.29) is 11.8 Å². The Hall–Kier alpha value is -3.41. The Morgan fingerprint density at radius 3 is 2.32 bits per heavy atom. The van der Waals surface area contributed by atoms with Crippen LogP contribution in [0.3, 0.4) is 0 Å². The SMILES string of the molecule is Cc1ccc(-c2ccc(N3CCCC(C(=O)N4CCN(c5ccccc5)CC4)C3)nn2)cc1C. The molecule has 1 aromatic heterocycles. The Balaban J connectivity index is 1.20. The molecule has 176 valence electrons. The van der Waals surface area contributed by atoms with Gasteiger partial charge in [0, 0.05) is 50.5 Å². The van der Waals surface area contributed by atoms with Crippen molar-refractivity contribution in [2.75, 3.05) is 49.1 Å². The zero-order chi connectivity index (χ0) is 23.5. The van der Waals surface area contributed by atoms with Gasteiger partial charge < -0.3 is 14.7 Å². The molecule has 0 spiro atoms. The average molecular weight is 456 g/mol. The van der Waals surface area contributed by atoms with E-state index in [1.54, 1.807) is 0 Å². The van der Waals surface area contributed by atoms with Crippen LogP contribution in [0.5, 0.6) is 0 Å². The lowest BCUT2D eigenvalue weighted by molar-refractivity contribution is -0.136. The largest absolute Gasteiger partial charge is 0.368 e. The number of hydrogen-bond acceptors (Lipinski definition) is 5. The summed E-state index contributed by atoms with van der Waals surface area (Å²) in [5.41, 5.74) is 5.74. The second kappa shape index (κ2) is 9.84. The summed E-state index contributed by atoms with van der Waals surface area (Å²) in [4.78, 5) is 20.0. The number of aromatic nitrogens is 2. The Labute approximate surface area is 202 Å². The van der Waals surface area contributed by atoms with Crippen molar-refractivity contribution in [3.63, 3.8) is 0 Å². The van der Waals surface area contributed by atoms with Gasteiger partial charge >= 0.3 is 0 Å². The van der Waals surface area contributed by atoms with Gasteiger partial charge in [0.1, 0.15) is 0 Å². The number of carbonyl (C=O) groups is 1. The monoisotopic (exact) mass is 455 g/mol. The minimum absolute atomic E-state index is 0.0262. The van der Waals surface area contributed by atoms with Crippen LogP contribution in [0.1, 0.15) is 24.0 Å². The number of nitrogens with zero attached hydrogens (tertiary/aromatic N) is 5. The van der Waals surface area contributed by atoms with E-state index in [1.807, 2.05) is 18.2 Å². The molecule has 6 nitrogen and oxygen atoms in total. The molecule has 0 saturated carbocycles. The molecule has 0 radical (unpaired) electrons. The van der Waals surface area contributed by atoms with Crippen LogP contribution < -0.4 is 9.80 Å². The summed E-state index contributed by atoms with van der Waals surface area (Å²) in [7, 11) is 0. The van der Waals surface area contributed by atoms with Gasteiger partial charge in [0.15, 0.2) is 5.82 Å². The van der Waals surface area contributed by atoms with Crippen LogP contribution in [0.4, 0.5) is 11.5 Å². The zero-order valence-electron chi connectivity index (χ0n) is 20.2. The quantitative estimate of drug-likeness (QED) is 0.586. The first-order valence-corrected chi connectivity index (χ1v) is 12.3.